The highest BCUT2D eigenvalue weighted by atomic mass is 127. The Morgan fingerprint density at radius 1 is 1.32 bits per heavy atom. The first-order chi connectivity index (χ1) is 10.2. The second-order valence-corrected chi connectivity index (χ2v) is 6.28. The summed E-state index contributed by atoms with van der Waals surface area (Å²) in [6, 6.07) is 8.77. The third-order valence-corrected chi connectivity index (χ3v) is 4.46. The molecule has 0 saturated heterocycles. The van der Waals surface area contributed by atoms with Crippen LogP contribution >= 0.6 is 51.2 Å². The lowest BCUT2D eigenvalue weighted by atomic mass is 10.2. The van der Waals surface area contributed by atoms with E-state index in [0.29, 0.717) is 24.6 Å². The number of hydrogen-bond donors (Lipinski definition) is 2. The van der Waals surface area contributed by atoms with Crippen LogP contribution in [0.25, 0.3) is 0 Å². The summed E-state index contributed by atoms with van der Waals surface area (Å²) in [6.45, 7) is 3.77. The van der Waals surface area contributed by atoms with Crippen LogP contribution in [0.1, 0.15) is 17.4 Å². The summed E-state index contributed by atoms with van der Waals surface area (Å²) in [4.78, 5) is 5.62. The van der Waals surface area contributed by atoms with Gasteiger partial charge in [-0.05, 0) is 35.0 Å². The van der Waals surface area contributed by atoms with E-state index in [4.69, 9.17) is 0 Å². The quantitative estimate of drug-likeness (QED) is 0.362. The molecule has 0 aliphatic heterocycles. The van der Waals surface area contributed by atoms with Crippen LogP contribution in [0.2, 0.25) is 0 Å². The summed E-state index contributed by atoms with van der Waals surface area (Å²) < 4.78 is 14.6. The molecule has 0 amide bonds. The Kier molecular flexibility index (Phi) is 8.96. The van der Waals surface area contributed by atoms with Crippen LogP contribution in [0.4, 0.5) is 4.39 Å². The summed E-state index contributed by atoms with van der Waals surface area (Å²) in [7, 11) is 0. The fourth-order valence-corrected chi connectivity index (χ4v) is 3.14. The van der Waals surface area contributed by atoms with Gasteiger partial charge in [-0.25, -0.2) is 9.38 Å². The number of nitrogens with one attached hydrogen (secondary N) is 2. The van der Waals surface area contributed by atoms with E-state index in [2.05, 4.69) is 37.6 Å². The highest BCUT2D eigenvalue weighted by Crippen LogP contribution is 2.19. The van der Waals surface area contributed by atoms with Gasteiger partial charge in [0.1, 0.15) is 5.82 Å². The summed E-state index contributed by atoms with van der Waals surface area (Å²) >= 11 is 5.11. The van der Waals surface area contributed by atoms with Crippen molar-refractivity contribution in [2.45, 2.75) is 20.0 Å². The van der Waals surface area contributed by atoms with Gasteiger partial charge in [0.05, 0.1) is 13.1 Å². The Morgan fingerprint density at radius 2 is 2.09 bits per heavy atom. The average molecular weight is 498 g/mol. The lowest BCUT2D eigenvalue weighted by Crippen LogP contribution is -2.36. The summed E-state index contributed by atoms with van der Waals surface area (Å²) in [5.41, 5.74) is 0.591. The van der Waals surface area contributed by atoms with Crippen molar-refractivity contribution in [1.29, 1.82) is 0 Å². The van der Waals surface area contributed by atoms with Crippen LogP contribution in [0, 0.1) is 5.82 Å². The number of nitrogens with zero attached hydrogens (tertiary/aromatic N) is 1. The number of thiophene rings is 1. The van der Waals surface area contributed by atoms with Crippen LogP contribution < -0.4 is 10.6 Å². The van der Waals surface area contributed by atoms with Crippen LogP contribution in [0.5, 0.6) is 0 Å². The molecule has 0 aliphatic rings. The van der Waals surface area contributed by atoms with Crippen LogP contribution in [-0.2, 0) is 13.1 Å². The Labute approximate surface area is 159 Å². The molecule has 1 heterocycles. The molecular formula is C15H18BrFIN3S. The zero-order chi connectivity index (χ0) is 15.1. The van der Waals surface area contributed by atoms with Crippen LogP contribution in [0.15, 0.2) is 45.2 Å². The molecule has 0 radical (unpaired) electrons. The Morgan fingerprint density at radius 3 is 2.73 bits per heavy atom. The van der Waals surface area contributed by atoms with Crippen LogP contribution in [0.3, 0.4) is 0 Å². The smallest absolute Gasteiger partial charge is 0.191 e. The van der Waals surface area contributed by atoms with E-state index in [1.807, 2.05) is 18.4 Å². The van der Waals surface area contributed by atoms with Gasteiger partial charge in [-0.15, -0.1) is 35.3 Å². The van der Waals surface area contributed by atoms with Gasteiger partial charge in [-0.3, -0.25) is 0 Å². The molecule has 1 aromatic heterocycles. The van der Waals surface area contributed by atoms with Crippen molar-refractivity contribution >= 4 is 57.2 Å². The number of halogens is 3. The van der Waals surface area contributed by atoms with Gasteiger partial charge >= 0.3 is 0 Å². The van der Waals surface area contributed by atoms with Crippen molar-refractivity contribution < 1.29 is 4.39 Å². The van der Waals surface area contributed by atoms with Gasteiger partial charge in [-0.1, -0.05) is 18.2 Å². The first-order valence-electron chi connectivity index (χ1n) is 6.67. The molecule has 0 bridgehead atoms. The molecule has 0 saturated carbocycles. The van der Waals surface area contributed by atoms with E-state index in [0.717, 1.165) is 11.0 Å². The maximum Gasteiger partial charge on any atom is 0.191 e. The molecule has 1 aromatic carbocycles. The van der Waals surface area contributed by atoms with Crippen molar-refractivity contribution in [3.05, 3.63) is 56.4 Å². The van der Waals surface area contributed by atoms with Gasteiger partial charge in [-0.2, -0.15) is 0 Å². The summed E-state index contributed by atoms with van der Waals surface area (Å²) in [5.74, 6) is 0.463. The van der Waals surface area contributed by atoms with Crippen molar-refractivity contribution in [1.82, 2.24) is 10.6 Å². The molecular weight excluding hydrogens is 480 g/mol. The molecule has 7 heteroatoms. The second-order valence-electron chi connectivity index (χ2n) is 4.37. The molecule has 0 unspecified atom stereocenters. The minimum absolute atomic E-state index is 0. The van der Waals surface area contributed by atoms with Crippen molar-refractivity contribution in [3.63, 3.8) is 0 Å². The molecule has 120 valence electrons. The molecule has 2 aromatic rings. The average Bonchev–Trinajstić information content (AvgIpc) is 2.89. The molecule has 22 heavy (non-hydrogen) atoms. The zero-order valence-electron chi connectivity index (χ0n) is 12.1. The normalized spacial score (nSPS) is 11.0. The summed E-state index contributed by atoms with van der Waals surface area (Å²) in [6.07, 6.45) is 0. The highest BCUT2D eigenvalue weighted by Gasteiger charge is 2.03. The van der Waals surface area contributed by atoms with Gasteiger partial charge < -0.3 is 10.6 Å². The molecule has 2 N–H and O–H groups in total. The van der Waals surface area contributed by atoms with Crippen LogP contribution in [-0.4, -0.2) is 12.5 Å². The highest BCUT2D eigenvalue weighted by molar-refractivity contribution is 14.0. The van der Waals surface area contributed by atoms with E-state index < -0.39 is 0 Å². The van der Waals surface area contributed by atoms with Gasteiger partial charge in [0.25, 0.3) is 0 Å². The molecule has 2 rings (SSSR count). The van der Waals surface area contributed by atoms with Crippen molar-refractivity contribution in [2.75, 3.05) is 6.54 Å². The standard InChI is InChI=1S/C15H17BrFN3S.HI/c1-2-18-15(20-9-13-7-12(16)10-21-13)19-8-11-5-3-4-6-14(11)17;/h3-7,10H,2,8-9H2,1H3,(H2,18,19,20);1H. The maximum atomic E-state index is 13.6. The summed E-state index contributed by atoms with van der Waals surface area (Å²) in [5, 5.41) is 8.45. The number of rotatable bonds is 5. The molecule has 0 fully saturated rings. The topological polar surface area (TPSA) is 36.4 Å². The number of hydrogen-bond acceptors (Lipinski definition) is 2. The van der Waals surface area contributed by atoms with Gasteiger partial charge in [0, 0.05) is 26.8 Å². The molecule has 3 nitrogen and oxygen atoms in total. The van der Waals surface area contributed by atoms with E-state index >= 15 is 0 Å². The molecule has 0 aliphatic carbocycles. The lowest BCUT2D eigenvalue weighted by molar-refractivity contribution is 0.610. The minimum Gasteiger partial charge on any atom is -0.357 e. The largest absolute Gasteiger partial charge is 0.357 e. The predicted octanol–water partition coefficient (Wildman–Crippen LogP) is 4.52. The van der Waals surface area contributed by atoms with E-state index in [9.17, 15) is 4.39 Å². The van der Waals surface area contributed by atoms with E-state index in [1.54, 1.807) is 23.5 Å². The second kappa shape index (κ2) is 10.2. The lowest BCUT2D eigenvalue weighted by Gasteiger charge is -2.10. The monoisotopic (exact) mass is 497 g/mol. The molecule has 0 atom stereocenters. The Hall–Kier alpha value is -0.670. The SMILES string of the molecule is CCNC(=NCc1ccccc1F)NCc1cc(Br)cs1.I. The third kappa shape index (κ3) is 6.21. The fraction of sp³-hybridized carbons (Fsp3) is 0.267. The third-order valence-electron chi connectivity index (χ3n) is 2.76. The van der Waals surface area contributed by atoms with E-state index in [1.165, 1.54) is 10.9 Å². The fourth-order valence-electron chi connectivity index (χ4n) is 1.75. The Balaban J connectivity index is 0.00000242. The van der Waals surface area contributed by atoms with Gasteiger partial charge in [0.2, 0.25) is 0 Å². The predicted molar refractivity (Wildman–Crippen MR) is 105 cm³/mol. The number of guanidine groups is 1. The molecule has 0 spiro atoms. The first kappa shape index (κ1) is 19.4. The minimum atomic E-state index is -0.223. The Bertz CT molecular complexity index is 618. The number of aliphatic imine (C=N–C) groups is 1. The van der Waals surface area contributed by atoms with Crippen molar-refractivity contribution in [3.8, 4) is 0 Å². The maximum absolute atomic E-state index is 13.6. The van der Waals surface area contributed by atoms with E-state index in [-0.39, 0.29) is 29.8 Å². The van der Waals surface area contributed by atoms with Gasteiger partial charge in [0.15, 0.2) is 5.96 Å². The van der Waals surface area contributed by atoms with Crippen molar-refractivity contribution in [2.24, 2.45) is 4.99 Å². The number of benzene rings is 1. The first-order valence-corrected chi connectivity index (χ1v) is 8.34. The zero-order valence-corrected chi connectivity index (χ0v) is 16.8.